The Kier molecular flexibility index (Phi) is 2.37. The number of aromatic nitrogens is 2. The maximum Gasteiger partial charge on any atom is 0.325 e. The van der Waals surface area contributed by atoms with Crippen molar-refractivity contribution in [2.75, 3.05) is 5.32 Å². The van der Waals surface area contributed by atoms with E-state index in [-0.39, 0.29) is 0 Å². The molecule has 1 atom stereocenters. The summed E-state index contributed by atoms with van der Waals surface area (Å²) in [6.07, 6.45) is 2.31. The Hall–Kier alpha value is -1.17. The van der Waals surface area contributed by atoms with Crippen LogP contribution in [-0.2, 0) is 4.79 Å². The predicted octanol–water partition coefficient (Wildman–Crippen LogP) is 1.30. The van der Waals surface area contributed by atoms with Crippen molar-refractivity contribution >= 4 is 22.6 Å². The number of hydrogen-bond acceptors (Lipinski definition) is 5. The van der Waals surface area contributed by atoms with Crippen molar-refractivity contribution in [2.24, 2.45) is 0 Å². The van der Waals surface area contributed by atoms with Gasteiger partial charge in [-0.25, -0.2) is 4.98 Å². The van der Waals surface area contributed by atoms with Gasteiger partial charge in [0.25, 0.3) is 0 Å². The second-order valence-corrected chi connectivity index (χ2v) is 4.19. The van der Waals surface area contributed by atoms with Crippen molar-refractivity contribution in [2.45, 2.75) is 31.7 Å². The Morgan fingerprint density at radius 1 is 1.71 bits per heavy atom. The van der Waals surface area contributed by atoms with Crippen LogP contribution in [0.4, 0.5) is 5.13 Å². The number of nitrogens with zero attached hydrogens (tertiary/aromatic N) is 2. The molecule has 1 aromatic rings. The number of hydrogen-bond donors (Lipinski definition) is 2. The standard InChI is InChI=1S/C8H11N3O2S/c1-4(7(12)13)9-8-10-6(11-14-8)5-2-3-5/h4-5H,2-3H2,1H3,(H,12,13)(H,9,10,11)/t4-/m0/s1. The second-order valence-electron chi connectivity index (χ2n) is 3.44. The highest BCUT2D eigenvalue weighted by Crippen LogP contribution is 2.39. The molecule has 1 fully saturated rings. The summed E-state index contributed by atoms with van der Waals surface area (Å²) in [6, 6.07) is -0.616. The molecule has 14 heavy (non-hydrogen) atoms. The van der Waals surface area contributed by atoms with Gasteiger partial charge in [-0.3, -0.25) is 4.79 Å². The summed E-state index contributed by atoms with van der Waals surface area (Å²) >= 11 is 1.23. The molecule has 0 amide bonds. The lowest BCUT2D eigenvalue weighted by molar-refractivity contribution is -0.137. The average molecular weight is 213 g/mol. The van der Waals surface area contributed by atoms with Gasteiger partial charge in [0.2, 0.25) is 5.13 Å². The van der Waals surface area contributed by atoms with Crippen molar-refractivity contribution in [3.05, 3.63) is 5.82 Å². The number of nitrogens with one attached hydrogen (secondary N) is 1. The van der Waals surface area contributed by atoms with Crippen LogP contribution in [0, 0.1) is 0 Å². The van der Waals surface area contributed by atoms with E-state index in [0.717, 1.165) is 18.7 Å². The van der Waals surface area contributed by atoms with Crippen molar-refractivity contribution in [1.29, 1.82) is 0 Å². The van der Waals surface area contributed by atoms with Crippen LogP contribution in [0.2, 0.25) is 0 Å². The minimum atomic E-state index is -0.881. The Morgan fingerprint density at radius 3 is 3.00 bits per heavy atom. The van der Waals surface area contributed by atoms with Gasteiger partial charge < -0.3 is 10.4 Å². The van der Waals surface area contributed by atoms with Crippen LogP contribution in [0.15, 0.2) is 0 Å². The summed E-state index contributed by atoms with van der Waals surface area (Å²) in [5.41, 5.74) is 0. The summed E-state index contributed by atoms with van der Waals surface area (Å²) in [5.74, 6) is 0.491. The molecule has 1 saturated carbocycles. The maximum absolute atomic E-state index is 10.6. The molecule has 0 aliphatic heterocycles. The normalized spacial score (nSPS) is 17.8. The lowest BCUT2D eigenvalue weighted by Crippen LogP contribution is -2.25. The van der Waals surface area contributed by atoms with Crippen molar-refractivity contribution in [1.82, 2.24) is 9.36 Å². The second kappa shape index (κ2) is 3.53. The molecule has 1 heterocycles. The molecule has 0 saturated heterocycles. The minimum absolute atomic E-state index is 0.516. The van der Waals surface area contributed by atoms with Crippen LogP contribution in [-0.4, -0.2) is 26.5 Å². The highest BCUT2D eigenvalue weighted by Gasteiger charge is 2.28. The van der Waals surface area contributed by atoms with E-state index in [9.17, 15) is 4.79 Å². The largest absolute Gasteiger partial charge is 0.480 e. The van der Waals surface area contributed by atoms with E-state index in [2.05, 4.69) is 14.7 Å². The minimum Gasteiger partial charge on any atom is -0.480 e. The molecule has 1 aliphatic carbocycles. The maximum atomic E-state index is 10.6. The van der Waals surface area contributed by atoms with Crippen LogP contribution < -0.4 is 5.32 Å². The summed E-state index contributed by atoms with van der Waals surface area (Å²) in [5, 5.41) is 12.1. The fourth-order valence-corrected chi connectivity index (χ4v) is 1.78. The third-order valence-electron chi connectivity index (χ3n) is 2.09. The average Bonchev–Trinajstić information content (AvgIpc) is 2.88. The predicted molar refractivity (Wildman–Crippen MR) is 52.6 cm³/mol. The molecule has 6 heteroatoms. The zero-order valence-electron chi connectivity index (χ0n) is 7.73. The molecular formula is C8H11N3O2S. The molecule has 0 spiro atoms. The van der Waals surface area contributed by atoms with E-state index >= 15 is 0 Å². The summed E-state index contributed by atoms with van der Waals surface area (Å²) in [7, 11) is 0. The van der Waals surface area contributed by atoms with Gasteiger partial charge in [-0.2, -0.15) is 4.37 Å². The van der Waals surface area contributed by atoms with E-state index in [1.54, 1.807) is 6.92 Å². The Balaban J connectivity index is 1.98. The van der Waals surface area contributed by atoms with E-state index in [1.165, 1.54) is 11.5 Å². The van der Waals surface area contributed by atoms with E-state index in [0.29, 0.717) is 11.0 Å². The van der Waals surface area contributed by atoms with Gasteiger partial charge in [0.05, 0.1) is 0 Å². The third kappa shape index (κ3) is 2.01. The molecule has 0 aromatic carbocycles. The molecule has 2 N–H and O–H groups in total. The van der Waals surface area contributed by atoms with Gasteiger partial charge in [0.15, 0.2) is 0 Å². The molecule has 0 radical (unpaired) electrons. The zero-order valence-corrected chi connectivity index (χ0v) is 8.54. The topological polar surface area (TPSA) is 75.1 Å². The number of aliphatic carboxylic acids is 1. The Bertz CT molecular complexity index is 348. The van der Waals surface area contributed by atoms with E-state index in [1.807, 2.05) is 0 Å². The molecule has 0 bridgehead atoms. The van der Waals surface area contributed by atoms with E-state index in [4.69, 9.17) is 5.11 Å². The first-order valence-corrected chi connectivity index (χ1v) is 5.27. The number of carboxylic acids is 1. The molecule has 5 nitrogen and oxygen atoms in total. The van der Waals surface area contributed by atoms with Gasteiger partial charge >= 0.3 is 5.97 Å². The first-order valence-electron chi connectivity index (χ1n) is 4.50. The molecular weight excluding hydrogens is 202 g/mol. The number of anilines is 1. The summed E-state index contributed by atoms with van der Waals surface area (Å²) in [4.78, 5) is 14.8. The van der Waals surface area contributed by atoms with Crippen LogP contribution in [0.5, 0.6) is 0 Å². The fraction of sp³-hybridized carbons (Fsp3) is 0.625. The van der Waals surface area contributed by atoms with Crippen molar-refractivity contribution < 1.29 is 9.90 Å². The fourth-order valence-electron chi connectivity index (χ4n) is 1.05. The van der Waals surface area contributed by atoms with Crippen LogP contribution in [0.25, 0.3) is 0 Å². The van der Waals surface area contributed by atoms with Gasteiger partial charge in [-0.1, -0.05) is 0 Å². The lowest BCUT2D eigenvalue weighted by Gasteiger charge is -2.05. The third-order valence-corrected chi connectivity index (χ3v) is 2.76. The molecule has 2 rings (SSSR count). The monoisotopic (exact) mass is 213 g/mol. The van der Waals surface area contributed by atoms with Crippen LogP contribution >= 0.6 is 11.5 Å². The first kappa shape index (κ1) is 9.39. The number of carboxylic acid groups (broad SMARTS) is 1. The van der Waals surface area contributed by atoms with E-state index < -0.39 is 12.0 Å². The quantitative estimate of drug-likeness (QED) is 0.788. The molecule has 0 unspecified atom stereocenters. The number of rotatable bonds is 4. The van der Waals surface area contributed by atoms with Crippen LogP contribution in [0.1, 0.15) is 31.5 Å². The zero-order chi connectivity index (χ0) is 10.1. The SMILES string of the molecule is C[C@H](Nc1nc(C2CC2)ns1)C(=O)O. The molecule has 1 aromatic heterocycles. The summed E-state index contributed by atoms with van der Waals surface area (Å²) in [6.45, 7) is 1.58. The van der Waals surface area contributed by atoms with Gasteiger partial charge in [0.1, 0.15) is 11.9 Å². The molecule has 76 valence electrons. The highest BCUT2D eigenvalue weighted by atomic mass is 32.1. The first-order chi connectivity index (χ1) is 6.66. The Morgan fingerprint density at radius 2 is 2.43 bits per heavy atom. The van der Waals surface area contributed by atoms with Gasteiger partial charge in [-0.15, -0.1) is 0 Å². The van der Waals surface area contributed by atoms with Gasteiger partial charge in [0, 0.05) is 17.5 Å². The van der Waals surface area contributed by atoms with Gasteiger partial charge in [-0.05, 0) is 19.8 Å². The summed E-state index contributed by atoms with van der Waals surface area (Å²) < 4.78 is 4.17. The van der Waals surface area contributed by atoms with Crippen LogP contribution in [0.3, 0.4) is 0 Å². The highest BCUT2D eigenvalue weighted by molar-refractivity contribution is 7.09. The smallest absolute Gasteiger partial charge is 0.325 e. The van der Waals surface area contributed by atoms with Crippen molar-refractivity contribution in [3.8, 4) is 0 Å². The molecule has 1 aliphatic rings. The number of carbonyl (C=O) groups is 1. The lowest BCUT2D eigenvalue weighted by atomic mass is 10.3. The Labute approximate surface area is 85.3 Å². The van der Waals surface area contributed by atoms with Crippen molar-refractivity contribution in [3.63, 3.8) is 0 Å².